The summed E-state index contributed by atoms with van der Waals surface area (Å²) in [7, 11) is 0. The van der Waals surface area contributed by atoms with Crippen molar-refractivity contribution in [1.29, 1.82) is 0 Å². The van der Waals surface area contributed by atoms with Crippen molar-refractivity contribution in [3.05, 3.63) is 0 Å². The first-order valence-electron chi connectivity index (χ1n) is 3.98. The Labute approximate surface area is 66.0 Å². The zero-order valence-electron chi connectivity index (χ0n) is 6.66. The molecule has 1 saturated carbocycles. The average Bonchev–Trinajstić information content (AvgIpc) is 1.94. The van der Waals surface area contributed by atoms with E-state index in [1.807, 2.05) is 0 Å². The van der Waals surface area contributed by atoms with Crippen LogP contribution in [0.1, 0.15) is 26.2 Å². The van der Waals surface area contributed by atoms with E-state index >= 15 is 0 Å². The van der Waals surface area contributed by atoms with E-state index < -0.39 is 12.2 Å². The standard InChI is InChI=1S/C8H14O3/c1-5(9)6-2-3-7(10)8(11)4-6/h6-8,10-11H,2-4H2,1H3/t6-,7+,8+/m1/s1. The molecule has 0 radical (unpaired) electrons. The summed E-state index contributed by atoms with van der Waals surface area (Å²) in [6, 6.07) is 0. The summed E-state index contributed by atoms with van der Waals surface area (Å²) in [6.07, 6.45) is 0.374. The van der Waals surface area contributed by atoms with Crippen molar-refractivity contribution in [2.24, 2.45) is 5.92 Å². The van der Waals surface area contributed by atoms with E-state index in [-0.39, 0.29) is 11.7 Å². The second-order valence-electron chi connectivity index (χ2n) is 3.26. The third-order valence-corrected chi connectivity index (χ3v) is 2.36. The quantitative estimate of drug-likeness (QED) is 0.569. The van der Waals surface area contributed by atoms with Crippen LogP contribution in [0, 0.1) is 5.92 Å². The van der Waals surface area contributed by atoms with Crippen LogP contribution in [0.25, 0.3) is 0 Å². The molecule has 0 spiro atoms. The summed E-state index contributed by atoms with van der Waals surface area (Å²) in [6.45, 7) is 1.54. The Morgan fingerprint density at radius 3 is 2.36 bits per heavy atom. The summed E-state index contributed by atoms with van der Waals surface area (Å²) in [5.41, 5.74) is 0. The molecule has 11 heavy (non-hydrogen) atoms. The molecule has 3 heteroatoms. The molecule has 0 aromatic rings. The number of hydrogen-bond acceptors (Lipinski definition) is 3. The lowest BCUT2D eigenvalue weighted by molar-refractivity contribution is -0.125. The van der Waals surface area contributed by atoms with Crippen LogP contribution in [-0.4, -0.2) is 28.2 Å². The van der Waals surface area contributed by atoms with E-state index in [1.54, 1.807) is 0 Å². The van der Waals surface area contributed by atoms with Gasteiger partial charge in [-0.3, -0.25) is 4.79 Å². The highest BCUT2D eigenvalue weighted by atomic mass is 16.3. The van der Waals surface area contributed by atoms with Gasteiger partial charge in [0.2, 0.25) is 0 Å². The summed E-state index contributed by atoms with van der Waals surface area (Å²) in [4.78, 5) is 10.9. The predicted molar refractivity (Wildman–Crippen MR) is 40.0 cm³/mol. The van der Waals surface area contributed by atoms with Crippen molar-refractivity contribution in [2.75, 3.05) is 0 Å². The van der Waals surface area contributed by atoms with Gasteiger partial charge in [-0.05, 0) is 26.2 Å². The second-order valence-corrected chi connectivity index (χ2v) is 3.26. The first-order chi connectivity index (χ1) is 5.11. The predicted octanol–water partition coefficient (Wildman–Crippen LogP) is 0.0973. The molecule has 1 aliphatic carbocycles. The zero-order valence-corrected chi connectivity index (χ0v) is 6.66. The van der Waals surface area contributed by atoms with Gasteiger partial charge in [0, 0.05) is 5.92 Å². The zero-order chi connectivity index (χ0) is 8.43. The highest BCUT2D eigenvalue weighted by Crippen LogP contribution is 2.24. The number of hydrogen-bond donors (Lipinski definition) is 2. The lowest BCUT2D eigenvalue weighted by atomic mass is 9.83. The second kappa shape index (κ2) is 3.32. The lowest BCUT2D eigenvalue weighted by Crippen LogP contribution is -2.35. The van der Waals surface area contributed by atoms with Crippen molar-refractivity contribution in [3.8, 4) is 0 Å². The van der Waals surface area contributed by atoms with E-state index in [2.05, 4.69) is 0 Å². The van der Waals surface area contributed by atoms with Crippen molar-refractivity contribution in [1.82, 2.24) is 0 Å². The molecule has 0 heterocycles. The fourth-order valence-electron chi connectivity index (χ4n) is 1.50. The third-order valence-electron chi connectivity index (χ3n) is 2.36. The monoisotopic (exact) mass is 158 g/mol. The van der Waals surface area contributed by atoms with Crippen LogP contribution in [0.5, 0.6) is 0 Å². The Hall–Kier alpha value is -0.410. The van der Waals surface area contributed by atoms with Gasteiger partial charge in [-0.1, -0.05) is 0 Å². The summed E-state index contributed by atoms with van der Waals surface area (Å²) in [5, 5.41) is 18.3. The number of aliphatic hydroxyl groups is 2. The Bertz CT molecular complexity index is 155. The molecule has 0 saturated heterocycles. The highest BCUT2D eigenvalue weighted by Gasteiger charge is 2.29. The molecule has 3 nitrogen and oxygen atoms in total. The van der Waals surface area contributed by atoms with Crippen LogP contribution in [-0.2, 0) is 4.79 Å². The molecule has 0 aliphatic heterocycles. The van der Waals surface area contributed by atoms with Crippen LogP contribution in [0.4, 0.5) is 0 Å². The SMILES string of the molecule is CC(=O)[C@@H]1CC[C@H](O)[C@@H](O)C1. The number of aliphatic hydroxyl groups excluding tert-OH is 2. The summed E-state index contributed by atoms with van der Waals surface area (Å²) < 4.78 is 0. The van der Waals surface area contributed by atoms with E-state index in [4.69, 9.17) is 5.11 Å². The molecule has 1 rings (SSSR count). The van der Waals surface area contributed by atoms with Gasteiger partial charge in [0.1, 0.15) is 5.78 Å². The van der Waals surface area contributed by atoms with Gasteiger partial charge in [-0.2, -0.15) is 0 Å². The molecule has 0 aromatic carbocycles. The van der Waals surface area contributed by atoms with Gasteiger partial charge in [0.15, 0.2) is 0 Å². The Morgan fingerprint density at radius 2 is 1.91 bits per heavy atom. The van der Waals surface area contributed by atoms with E-state index in [1.165, 1.54) is 6.92 Å². The fourth-order valence-corrected chi connectivity index (χ4v) is 1.50. The molecule has 64 valence electrons. The smallest absolute Gasteiger partial charge is 0.133 e. The van der Waals surface area contributed by atoms with Gasteiger partial charge in [0.25, 0.3) is 0 Å². The van der Waals surface area contributed by atoms with Crippen LogP contribution in [0.2, 0.25) is 0 Å². The van der Waals surface area contributed by atoms with Gasteiger partial charge >= 0.3 is 0 Å². The van der Waals surface area contributed by atoms with Crippen LogP contribution >= 0.6 is 0 Å². The molecule has 0 amide bonds. The average molecular weight is 158 g/mol. The number of rotatable bonds is 1. The van der Waals surface area contributed by atoms with Crippen molar-refractivity contribution in [2.45, 2.75) is 38.4 Å². The molecule has 3 atom stereocenters. The molecular weight excluding hydrogens is 144 g/mol. The molecule has 1 aliphatic rings. The summed E-state index contributed by atoms with van der Waals surface area (Å²) >= 11 is 0. The minimum Gasteiger partial charge on any atom is -0.390 e. The first kappa shape index (κ1) is 8.68. The van der Waals surface area contributed by atoms with E-state index in [0.717, 1.165) is 0 Å². The normalized spacial score (nSPS) is 38.6. The van der Waals surface area contributed by atoms with Gasteiger partial charge in [0.05, 0.1) is 12.2 Å². The Morgan fingerprint density at radius 1 is 1.27 bits per heavy atom. The number of carbonyl (C=O) groups excluding carboxylic acids is 1. The van der Waals surface area contributed by atoms with Crippen molar-refractivity contribution >= 4 is 5.78 Å². The van der Waals surface area contributed by atoms with Crippen molar-refractivity contribution in [3.63, 3.8) is 0 Å². The number of carbonyl (C=O) groups is 1. The fraction of sp³-hybridized carbons (Fsp3) is 0.875. The van der Waals surface area contributed by atoms with Gasteiger partial charge in [-0.15, -0.1) is 0 Å². The lowest BCUT2D eigenvalue weighted by Gasteiger charge is -2.28. The molecule has 0 bridgehead atoms. The van der Waals surface area contributed by atoms with Crippen molar-refractivity contribution < 1.29 is 15.0 Å². The van der Waals surface area contributed by atoms with E-state index in [0.29, 0.717) is 19.3 Å². The third kappa shape index (κ3) is 2.01. The first-order valence-corrected chi connectivity index (χ1v) is 3.98. The molecular formula is C8H14O3. The highest BCUT2D eigenvalue weighted by molar-refractivity contribution is 5.78. The number of Topliss-reactive ketones (excluding diaryl/α,β-unsaturated/α-hetero) is 1. The maximum absolute atomic E-state index is 10.9. The maximum atomic E-state index is 10.9. The van der Waals surface area contributed by atoms with E-state index in [9.17, 15) is 9.90 Å². The number of ketones is 1. The summed E-state index contributed by atoms with van der Waals surface area (Å²) in [5.74, 6) is 0.0874. The van der Waals surface area contributed by atoms with Crippen LogP contribution in [0.3, 0.4) is 0 Å². The minimum absolute atomic E-state index is 0.0339. The van der Waals surface area contributed by atoms with Gasteiger partial charge in [-0.25, -0.2) is 0 Å². The molecule has 2 N–H and O–H groups in total. The Kier molecular flexibility index (Phi) is 2.62. The largest absolute Gasteiger partial charge is 0.390 e. The molecule has 1 fully saturated rings. The van der Waals surface area contributed by atoms with Gasteiger partial charge < -0.3 is 10.2 Å². The topological polar surface area (TPSA) is 57.5 Å². The minimum atomic E-state index is -0.697. The maximum Gasteiger partial charge on any atom is 0.133 e. The Balaban J connectivity index is 2.46. The molecule has 0 aromatic heterocycles. The van der Waals surface area contributed by atoms with Crippen LogP contribution in [0.15, 0.2) is 0 Å². The molecule has 0 unspecified atom stereocenters. The van der Waals surface area contributed by atoms with Crippen LogP contribution < -0.4 is 0 Å².